The van der Waals surface area contributed by atoms with Crippen molar-refractivity contribution in [3.05, 3.63) is 57.0 Å². The molecule has 2 aromatic carbocycles. The lowest BCUT2D eigenvalue weighted by Gasteiger charge is -2.08. The second-order valence-corrected chi connectivity index (χ2v) is 7.43. The van der Waals surface area contributed by atoms with Gasteiger partial charge in [-0.05, 0) is 48.7 Å². The summed E-state index contributed by atoms with van der Waals surface area (Å²) in [6, 6.07) is 12.5. The Balaban J connectivity index is 1.70. The Hall–Kier alpha value is -0.380. The Labute approximate surface area is 144 Å². The van der Waals surface area contributed by atoms with E-state index in [0.717, 1.165) is 21.4 Å². The molecule has 21 heavy (non-hydrogen) atoms. The van der Waals surface area contributed by atoms with Crippen molar-refractivity contribution in [3.63, 3.8) is 0 Å². The third-order valence-corrected chi connectivity index (χ3v) is 5.52. The van der Waals surface area contributed by atoms with E-state index in [4.69, 9.17) is 34.8 Å². The molecule has 1 nitrogen and oxygen atoms in total. The molecule has 1 fully saturated rings. The predicted octanol–water partition coefficient (Wildman–Crippen LogP) is 6.05. The number of halogens is 3. The summed E-state index contributed by atoms with van der Waals surface area (Å²) >= 11 is 19.9. The van der Waals surface area contributed by atoms with Crippen LogP contribution in [0, 0.1) is 0 Å². The monoisotopic (exact) mass is 357 g/mol. The highest BCUT2D eigenvalue weighted by molar-refractivity contribution is 7.99. The largest absolute Gasteiger partial charge is 0.310 e. The molecule has 0 aliphatic heterocycles. The fourth-order valence-corrected chi connectivity index (χ4v) is 3.49. The van der Waals surface area contributed by atoms with E-state index >= 15 is 0 Å². The van der Waals surface area contributed by atoms with E-state index in [2.05, 4.69) is 17.4 Å². The maximum absolute atomic E-state index is 6.37. The van der Waals surface area contributed by atoms with Crippen LogP contribution in [0.1, 0.15) is 18.4 Å². The molecule has 0 aromatic heterocycles. The second kappa shape index (κ2) is 6.80. The Kier molecular flexibility index (Phi) is 5.03. The van der Waals surface area contributed by atoms with Crippen LogP contribution < -0.4 is 5.32 Å². The van der Waals surface area contributed by atoms with Crippen molar-refractivity contribution in [2.45, 2.75) is 35.2 Å². The van der Waals surface area contributed by atoms with Crippen LogP contribution in [-0.2, 0) is 6.54 Å². The van der Waals surface area contributed by atoms with Gasteiger partial charge in [0.1, 0.15) is 0 Å². The minimum absolute atomic E-state index is 0.558. The molecule has 0 spiro atoms. The van der Waals surface area contributed by atoms with Crippen LogP contribution in [0.4, 0.5) is 0 Å². The highest BCUT2D eigenvalue weighted by Gasteiger charge is 2.20. The zero-order valence-corrected chi connectivity index (χ0v) is 14.3. The van der Waals surface area contributed by atoms with Gasteiger partial charge in [-0.15, -0.1) is 0 Å². The summed E-state index contributed by atoms with van der Waals surface area (Å²) in [6.45, 7) is 0.877. The molecular weight excluding hydrogens is 345 g/mol. The summed E-state index contributed by atoms with van der Waals surface area (Å²) in [5.74, 6) is 0. The first kappa shape index (κ1) is 15.5. The maximum Gasteiger partial charge on any atom is 0.0603 e. The first-order valence-electron chi connectivity index (χ1n) is 6.76. The first-order chi connectivity index (χ1) is 10.1. The van der Waals surface area contributed by atoms with Gasteiger partial charge in [0.2, 0.25) is 0 Å². The number of hydrogen-bond acceptors (Lipinski definition) is 2. The number of hydrogen-bond donors (Lipinski definition) is 1. The summed E-state index contributed by atoms with van der Waals surface area (Å²) in [6.07, 6.45) is 2.58. The molecule has 1 N–H and O–H groups in total. The summed E-state index contributed by atoms with van der Waals surface area (Å²) < 4.78 is 0. The predicted molar refractivity (Wildman–Crippen MR) is 91.9 cm³/mol. The van der Waals surface area contributed by atoms with Crippen molar-refractivity contribution < 1.29 is 0 Å². The van der Waals surface area contributed by atoms with Crippen molar-refractivity contribution in [1.29, 1.82) is 0 Å². The van der Waals surface area contributed by atoms with Crippen molar-refractivity contribution in [3.8, 4) is 0 Å². The van der Waals surface area contributed by atoms with Crippen LogP contribution in [0.2, 0.25) is 15.1 Å². The molecule has 1 aliphatic rings. The van der Waals surface area contributed by atoms with Gasteiger partial charge in [-0.1, -0.05) is 52.6 Å². The summed E-state index contributed by atoms with van der Waals surface area (Å²) in [4.78, 5) is 2.04. The minimum atomic E-state index is 0.558. The highest BCUT2D eigenvalue weighted by atomic mass is 35.5. The van der Waals surface area contributed by atoms with Gasteiger partial charge in [-0.2, -0.15) is 0 Å². The molecule has 1 saturated carbocycles. The molecule has 0 radical (unpaired) electrons. The van der Waals surface area contributed by atoms with E-state index in [0.29, 0.717) is 16.1 Å². The average molecular weight is 359 g/mol. The Morgan fingerprint density at radius 1 is 0.952 bits per heavy atom. The quantitative estimate of drug-likeness (QED) is 0.698. The second-order valence-electron chi connectivity index (χ2n) is 5.10. The average Bonchev–Trinajstić information content (AvgIpc) is 3.27. The van der Waals surface area contributed by atoms with Gasteiger partial charge in [0, 0.05) is 22.4 Å². The summed E-state index contributed by atoms with van der Waals surface area (Å²) in [7, 11) is 0. The normalized spacial score (nSPS) is 14.4. The van der Waals surface area contributed by atoms with Crippen molar-refractivity contribution in [1.82, 2.24) is 5.32 Å². The molecule has 110 valence electrons. The van der Waals surface area contributed by atoms with Gasteiger partial charge < -0.3 is 5.32 Å². The summed E-state index contributed by atoms with van der Waals surface area (Å²) in [5, 5.41) is 5.37. The molecule has 0 atom stereocenters. The Morgan fingerprint density at radius 3 is 2.43 bits per heavy atom. The third-order valence-electron chi connectivity index (χ3n) is 3.29. The topological polar surface area (TPSA) is 12.0 Å². The molecule has 1 aliphatic carbocycles. The van der Waals surface area contributed by atoms with Crippen LogP contribution in [0.3, 0.4) is 0 Å². The fraction of sp³-hybridized carbons (Fsp3) is 0.250. The van der Waals surface area contributed by atoms with Crippen LogP contribution in [0.25, 0.3) is 0 Å². The van der Waals surface area contributed by atoms with Gasteiger partial charge in [-0.25, -0.2) is 0 Å². The van der Waals surface area contributed by atoms with Crippen LogP contribution in [0.5, 0.6) is 0 Å². The molecule has 0 saturated heterocycles. The molecule has 2 aromatic rings. The number of rotatable bonds is 5. The van der Waals surface area contributed by atoms with E-state index in [-0.39, 0.29) is 0 Å². The Bertz CT molecular complexity index is 656. The third kappa shape index (κ3) is 4.30. The van der Waals surface area contributed by atoms with E-state index in [1.54, 1.807) is 17.8 Å². The van der Waals surface area contributed by atoms with Crippen LogP contribution in [0.15, 0.2) is 46.2 Å². The van der Waals surface area contributed by atoms with E-state index in [9.17, 15) is 0 Å². The van der Waals surface area contributed by atoms with Crippen LogP contribution in [-0.4, -0.2) is 6.04 Å². The van der Waals surface area contributed by atoms with E-state index in [1.807, 2.05) is 18.2 Å². The maximum atomic E-state index is 6.37. The van der Waals surface area contributed by atoms with Crippen LogP contribution >= 0.6 is 46.6 Å². The van der Waals surface area contributed by atoms with Crippen molar-refractivity contribution in [2.24, 2.45) is 0 Å². The zero-order chi connectivity index (χ0) is 14.8. The minimum Gasteiger partial charge on any atom is -0.310 e. The van der Waals surface area contributed by atoms with Gasteiger partial charge in [0.25, 0.3) is 0 Å². The smallest absolute Gasteiger partial charge is 0.0603 e. The number of nitrogens with one attached hydrogen (secondary N) is 1. The standard InChI is InChI=1S/C16H14Cl3NS/c17-13-5-4-12(8-14(13)18)21-16-6-1-10(7-15(16)19)9-20-11-2-3-11/h1,4-8,11,20H,2-3,9H2. The summed E-state index contributed by atoms with van der Waals surface area (Å²) in [5.41, 5.74) is 1.21. The molecular formula is C16H14Cl3NS. The lowest BCUT2D eigenvalue weighted by atomic mass is 10.2. The van der Waals surface area contributed by atoms with Gasteiger partial charge in [0.15, 0.2) is 0 Å². The SMILES string of the molecule is Clc1ccc(Sc2ccc(CNC3CC3)cc2Cl)cc1Cl. The Morgan fingerprint density at radius 2 is 1.76 bits per heavy atom. The molecule has 5 heteroatoms. The van der Waals surface area contributed by atoms with Crippen molar-refractivity contribution >= 4 is 46.6 Å². The molecule has 0 unspecified atom stereocenters. The van der Waals surface area contributed by atoms with E-state index < -0.39 is 0 Å². The molecule has 3 rings (SSSR count). The van der Waals surface area contributed by atoms with Gasteiger partial charge in [0.05, 0.1) is 15.1 Å². The highest BCUT2D eigenvalue weighted by Crippen LogP contribution is 2.36. The molecule has 0 amide bonds. The molecule has 0 bridgehead atoms. The first-order valence-corrected chi connectivity index (χ1v) is 8.71. The van der Waals surface area contributed by atoms with Gasteiger partial charge >= 0.3 is 0 Å². The molecule has 0 heterocycles. The van der Waals surface area contributed by atoms with E-state index in [1.165, 1.54) is 18.4 Å². The number of benzene rings is 2. The lowest BCUT2D eigenvalue weighted by molar-refractivity contribution is 0.687. The fourth-order valence-electron chi connectivity index (χ4n) is 1.95. The zero-order valence-electron chi connectivity index (χ0n) is 11.2. The van der Waals surface area contributed by atoms with Crippen molar-refractivity contribution in [2.75, 3.05) is 0 Å². The lowest BCUT2D eigenvalue weighted by Crippen LogP contribution is -2.15. The van der Waals surface area contributed by atoms with Gasteiger partial charge in [-0.3, -0.25) is 0 Å².